The fourth-order valence-corrected chi connectivity index (χ4v) is 3.32. The first-order chi connectivity index (χ1) is 7.84. The molecule has 0 spiro atoms. The quantitative estimate of drug-likeness (QED) is 0.705. The summed E-state index contributed by atoms with van der Waals surface area (Å²) in [5.74, 6) is 3.00. The van der Waals surface area contributed by atoms with Gasteiger partial charge in [-0.15, -0.1) is 0 Å². The molecular weight excluding hydrogens is 196 g/mol. The lowest BCUT2D eigenvalue weighted by atomic mass is 9.88. The van der Waals surface area contributed by atoms with Crippen molar-refractivity contribution >= 4 is 0 Å². The fraction of sp³-hybridized carbons (Fsp3) is 0.786. The molecule has 2 aliphatic rings. The van der Waals surface area contributed by atoms with Gasteiger partial charge in [0.1, 0.15) is 5.82 Å². The first-order valence-corrected chi connectivity index (χ1v) is 6.89. The van der Waals surface area contributed by atoms with E-state index in [2.05, 4.69) is 17.7 Å². The Kier molecular flexibility index (Phi) is 2.74. The minimum Gasteiger partial charge on any atom is -0.332 e. The van der Waals surface area contributed by atoms with E-state index in [1.807, 2.05) is 0 Å². The van der Waals surface area contributed by atoms with Gasteiger partial charge >= 0.3 is 0 Å². The fourth-order valence-electron chi connectivity index (χ4n) is 3.32. The average Bonchev–Trinajstić information content (AvgIpc) is 2.73. The van der Waals surface area contributed by atoms with Crippen LogP contribution in [0.5, 0.6) is 0 Å². The van der Waals surface area contributed by atoms with Crippen LogP contribution in [-0.4, -0.2) is 9.55 Å². The largest absolute Gasteiger partial charge is 0.332 e. The zero-order valence-corrected chi connectivity index (χ0v) is 10.3. The Morgan fingerprint density at radius 2 is 2.00 bits per heavy atom. The highest BCUT2D eigenvalue weighted by Gasteiger charge is 2.24. The van der Waals surface area contributed by atoms with Crippen molar-refractivity contribution in [1.82, 2.24) is 9.55 Å². The summed E-state index contributed by atoms with van der Waals surface area (Å²) < 4.78 is 2.53. The average molecular weight is 218 g/mol. The third kappa shape index (κ3) is 1.79. The van der Waals surface area contributed by atoms with Crippen molar-refractivity contribution in [2.75, 3.05) is 0 Å². The number of nitrogens with zero attached hydrogens (tertiary/aromatic N) is 2. The van der Waals surface area contributed by atoms with Crippen molar-refractivity contribution in [2.45, 2.75) is 64.3 Å². The SMILES string of the molecule is CC1CCc2cnc(C3CCCCC3)n2C1. The van der Waals surface area contributed by atoms with Gasteiger partial charge in [0.25, 0.3) is 0 Å². The Morgan fingerprint density at radius 3 is 2.81 bits per heavy atom. The predicted octanol–water partition coefficient (Wildman–Crippen LogP) is 3.51. The molecule has 1 aliphatic heterocycles. The first kappa shape index (κ1) is 10.4. The number of hydrogen-bond donors (Lipinski definition) is 0. The van der Waals surface area contributed by atoms with Crippen LogP contribution in [-0.2, 0) is 13.0 Å². The second-order valence-electron chi connectivity index (χ2n) is 5.70. The van der Waals surface area contributed by atoms with Crippen LogP contribution in [0.2, 0.25) is 0 Å². The van der Waals surface area contributed by atoms with Crippen LogP contribution in [0.25, 0.3) is 0 Å². The normalized spacial score (nSPS) is 26.7. The molecule has 0 N–H and O–H groups in total. The zero-order valence-electron chi connectivity index (χ0n) is 10.3. The van der Waals surface area contributed by atoms with Crippen LogP contribution < -0.4 is 0 Å². The molecule has 88 valence electrons. The van der Waals surface area contributed by atoms with Gasteiger partial charge in [0, 0.05) is 24.4 Å². The third-order valence-corrected chi connectivity index (χ3v) is 4.33. The molecule has 0 aromatic carbocycles. The second kappa shape index (κ2) is 4.23. The number of fused-ring (bicyclic) bond motifs is 1. The Labute approximate surface area is 98.1 Å². The Hall–Kier alpha value is -0.790. The maximum absolute atomic E-state index is 4.72. The van der Waals surface area contributed by atoms with E-state index < -0.39 is 0 Å². The minimum atomic E-state index is 0.757. The second-order valence-corrected chi connectivity index (χ2v) is 5.70. The maximum atomic E-state index is 4.72. The van der Waals surface area contributed by atoms with Gasteiger partial charge in [0.15, 0.2) is 0 Å². The lowest BCUT2D eigenvalue weighted by molar-refractivity contribution is 0.361. The maximum Gasteiger partial charge on any atom is 0.111 e. The van der Waals surface area contributed by atoms with E-state index in [1.54, 1.807) is 0 Å². The van der Waals surface area contributed by atoms with Crippen molar-refractivity contribution in [3.05, 3.63) is 17.7 Å². The van der Waals surface area contributed by atoms with Crippen LogP contribution in [0.1, 0.15) is 62.9 Å². The molecule has 2 heterocycles. The van der Waals surface area contributed by atoms with Gasteiger partial charge in [-0.1, -0.05) is 26.2 Å². The van der Waals surface area contributed by atoms with Crippen LogP contribution in [0, 0.1) is 5.92 Å². The minimum absolute atomic E-state index is 0.757. The molecule has 16 heavy (non-hydrogen) atoms. The lowest BCUT2D eigenvalue weighted by Crippen LogP contribution is -2.21. The van der Waals surface area contributed by atoms with Crippen molar-refractivity contribution < 1.29 is 0 Å². The molecule has 1 saturated carbocycles. The van der Waals surface area contributed by atoms with E-state index in [9.17, 15) is 0 Å². The topological polar surface area (TPSA) is 17.8 Å². The summed E-state index contributed by atoms with van der Waals surface area (Å²) in [6, 6.07) is 0. The zero-order chi connectivity index (χ0) is 11.0. The highest BCUT2D eigenvalue weighted by molar-refractivity contribution is 5.12. The van der Waals surface area contributed by atoms with Gasteiger partial charge in [-0.05, 0) is 31.6 Å². The van der Waals surface area contributed by atoms with Crippen LogP contribution in [0.4, 0.5) is 0 Å². The number of aryl methyl sites for hydroxylation is 1. The van der Waals surface area contributed by atoms with Gasteiger partial charge in [-0.3, -0.25) is 0 Å². The summed E-state index contributed by atoms with van der Waals surface area (Å²) >= 11 is 0. The molecule has 1 aromatic rings. The summed E-state index contributed by atoms with van der Waals surface area (Å²) in [5, 5.41) is 0. The molecule has 2 nitrogen and oxygen atoms in total. The molecule has 0 radical (unpaired) electrons. The van der Waals surface area contributed by atoms with E-state index >= 15 is 0 Å². The van der Waals surface area contributed by atoms with E-state index in [0.29, 0.717) is 0 Å². The molecule has 0 bridgehead atoms. The van der Waals surface area contributed by atoms with E-state index in [0.717, 1.165) is 11.8 Å². The number of rotatable bonds is 1. The summed E-state index contributed by atoms with van der Waals surface area (Å²) in [6.07, 6.45) is 11.7. The molecule has 0 amide bonds. The van der Waals surface area contributed by atoms with Gasteiger partial charge < -0.3 is 4.57 Å². The Balaban J connectivity index is 1.86. The molecule has 1 fully saturated rings. The van der Waals surface area contributed by atoms with Crippen LogP contribution >= 0.6 is 0 Å². The highest BCUT2D eigenvalue weighted by Crippen LogP contribution is 2.34. The van der Waals surface area contributed by atoms with Gasteiger partial charge in [-0.2, -0.15) is 0 Å². The summed E-state index contributed by atoms with van der Waals surface area (Å²) in [7, 11) is 0. The molecule has 1 atom stereocenters. The van der Waals surface area contributed by atoms with Gasteiger partial charge in [0.2, 0.25) is 0 Å². The van der Waals surface area contributed by atoms with Crippen LogP contribution in [0.3, 0.4) is 0 Å². The molecule has 2 heteroatoms. The summed E-state index contributed by atoms with van der Waals surface area (Å²) in [5.41, 5.74) is 1.48. The predicted molar refractivity (Wildman–Crippen MR) is 65.5 cm³/mol. The van der Waals surface area contributed by atoms with Crippen molar-refractivity contribution in [1.29, 1.82) is 0 Å². The summed E-state index contributed by atoms with van der Waals surface area (Å²) in [4.78, 5) is 4.72. The molecule has 3 rings (SSSR count). The highest BCUT2D eigenvalue weighted by atomic mass is 15.1. The van der Waals surface area contributed by atoms with E-state index in [1.165, 1.54) is 63.0 Å². The molecule has 0 saturated heterocycles. The summed E-state index contributed by atoms with van der Waals surface area (Å²) in [6.45, 7) is 3.58. The van der Waals surface area contributed by atoms with E-state index in [4.69, 9.17) is 4.98 Å². The van der Waals surface area contributed by atoms with Gasteiger partial charge in [-0.25, -0.2) is 4.98 Å². The molecule has 1 unspecified atom stereocenters. The lowest BCUT2D eigenvalue weighted by Gasteiger charge is -2.27. The smallest absolute Gasteiger partial charge is 0.111 e. The van der Waals surface area contributed by atoms with E-state index in [-0.39, 0.29) is 0 Å². The number of aromatic nitrogens is 2. The monoisotopic (exact) mass is 218 g/mol. The van der Waals surface area contributed by atoms with Crippen molar-refractivity contribution in [3.8, 4) is 0 Å². The van der Waals surface area contributed by atoms with Crippen molar-refractivity contribution in [2.24, 2.45) is 5.92 Å². The Morgan fingerprint density at radius 1 is 1.19 bits per heavy atom. The molecule has 1 aromatic heterocycles. The Bertz CT molecular complexity index is 361. The number of imidazole rings is 1. The standard InChI is InChI=1S/C14H22N2/c1-11-7-8-13-9-15-14(16(13)10-11)12-5-3-2-4-6-12/h9,11-12H,2-8,10H2,1H3. The third-order valence-electron chi connectivity index (χ3n) is 4.33. The molecular formula is C14H22N2. The van der Waals surface area contributed by atoms with Crippen molar-refractivity contribution in [3.63, 3.8) is 0 Å². The number of hydrogen-bond acceptors (Lipinski definition) is 1. The molecule has 1 aliphatic carbocycles. The first-order valence-electron chi connectivity index (χ1n) is 6.89. The van der Waals surface area contributed by atoms with Crippen LogP contribution in [0.15, 0.2) is 6.20 Å². The van der Waals surface area contributed by atoms with Gasteiger partial charge in [0.05, 0.1) is 0 Å².